The fourth-order valence-electron chi connectivity index (χ4n) is 3.03. The Morgan fingerprint density at radius 3 is 2.00 bits per heavy atom. The van der Waals surface area contributed by atoms with Crippen molar-refractivity contribution < 1.29 is 23.8 Å². The molecule has 0 saturated carbocycles. The van der Waals surface area contributed by atoms with Crippen LogP contribution in [-0.2, 0) is 11.2 Å². The van der Waals surface area contributed by atoms with E-state index in [1.807, 2.05) is 42.5 Å². The predicted octanol–water partition coefficient (Wildman–Crippen LogP) is 5.89. The number of nitrogens with one attached hydrogen (secondary N) is 1. The third-order valence-electron chi connectivity index (χ3n) is 4.57. The third kappa shape index (κ3) is 5.93. The molecule has 0 spiro atoms. The molecule has 0 radical (unpaired) electrons. The molecule has 4 rings (SSSR count). The lowest BCUT2D eigenvalue weighted by atomic mass is 10.3. The average Bonchev–Trinajstić information content (AvgIpc) is 3.16. The minimum atomic E-state index is -0.838. The maximum Gasteiger partial charge on any atom is 0.513 e. The van der Waals surface area contributed by atoms with E-state index < -0.39 is 12.2 Å². The van der Waals surface area contributed by atoms with Gasteiger partial charge >= 0.3 is 12.2 Å². The molecule has 1 aromatic heterocycles. The van der Waals surface area contributed by atoms with Crippen LogP contribution in [0.5, 0.6) is 11.5 Å². The SMILES string of the molecule is O=C(Nc1c(Cl)c(CCOC(=O)Oc2ccccc2)nn1-c1ccccc1)Oc1ccccc1. The van der Waals surface area contributed by atoms with E-state index in [1.165, 1.54) is 4.68 Å². The summed E-state index contributed by atoms with van der Waals surface area (Å²) in [6.45, 7) is -0.0227. The second kappa shape index (κ2) is 11.0. The van der Waals surface area contributed by atoms with Crippen molar-refractivity contribution in [2.24, 2.45) is 0 Å². The van der Waals surface area contributed by atoms with E-state index in [1.54, 1.807) is 48.5 Å². The van der Waals surface area contributed by atoms with Gasteiger partial charge in [-0.25, -0.2) is 14.3 Å². The molecule has 4 aromatic rings. The summed E-state index contributed by atoms with van der Waals surface area (Å²) in [6, 6.07) is 26.4. The van der Waals surface area contributed by atoms with Gasteiger partial charge in [0.15, 0.2) is 5.82 Å². The Balaban J connectivity index is 1.46. The van der Waals surface area contributed by atoms with Crippen molar-refractivity contribution in [2.75, 3.05) is 11.9 Å². The van der Waals surface area contributed by atoms with Crippen molar-refractivity contribution in [3.63, 3.8) is 0 Å². The summed E-state index contributed by atoms with van der Waals surface area (Å²) >= 11 is 6.55. The Labute approximate surface area is 200 Å². The zero-order valence-electron chi connectivity index (χ0n) is 17.9. The van der Waals surface area contributed by atoms with Crippen LogP contribution >= 0.6 is 11.6 Å². The minimum Gasteiger partial charge on any atom is -0.434 e. The number of anilines is 1. The lowest BCUT2D eigenvalue weighted by Gasteiger charge is -2.09. The maximum absolute atomic E-state index is 12.5. The number of rotatable bonds is 7. The van der Waals surface area contributed by atoms with Gasteiger partial charge in [0.25, 0.3) is 0 Å². The zero-order chi connectivity index (χ0) is 23.8. The molecule has 0 fully saturated rings. The Hall–Kier alpha value is -4.30. The minimum absolute atomic E-state index is 0.0227. The van der Waals surface area contributed by atoms with Gasteiger partial charge in [0.1, 0.15) is 23.1 Å². The van der Waals surface area contributed by atoms with Crippen LogP contribution in [0, 0.1) is 0 Å². The van der Waals surface area contributed by atoms with Crippen LogP contribution in [0.3, 0.4) is 0 Å². The molecule has 172 valence electrons. The van der Waals surface area contributed by atoms with E-state index >= 15 is 0 Å². The Morgan fingerprint density at radius 1 is 0.824 bits per heavy atom. The van der Waals surface area contributed by atoms with Crippen LogP contribution in [0.25, 0.3) is 5.69 Å². The molecule has 0 aliphatic rings. The number of hydrogen-bond acceptors (Lipinski definition) is 6. The Kier molecular flexibility index (Phi) is 7.42. The number of aromatic nitrogens is 2. The number of carbonyl (C=O) groups is 2. The summed E-state index contributed by atoms with van der Waals surface area (Å²) in [5.74, 6) is 0.991. The number of amides is 1. The van der Waals surface area contributed by atoms with E-state index in [2.05, 4.69) is 10.4 Å². The van der Waals surface area contributed by atoms with Crippen LogP contribution in [-0.4, -0.2) is 28.6 Å². The molecule has 1 heterocycles. The summed E-state index contributed by atoms with van der Waals surface area (Å²) in [6.07, 6.45) is -1.36. The van der Waals surface area contributed by atoms with Crippen LogP contribution in [0.15, 0.2) is 91.0 Å². The lowest BCUT2D eigenvalue weighted by Crippen LogP contribution is -2.19. The zero-order valence-corrected chi connectivity index (χ0v) is 18.6. The topological polar surface area (TPSA) is 91.7 Å². The molecule has 0 aliphatic carbocycles. The van der Waals surface area contributed by atoms with Crippen LogP contribution < -0.4 is 14.8 Å². The van der Waals surface area contributed by atoms with E-state index in [4.69, 9.17) is 25.8 Å². The average molecular weight is 478 g/mol. The van der Waals surface area contributed by atoms with Gasteiger partial charge < -0.3 is 14.2 Å². The largest absolute Gasteiger partial charge is 0.513 e. The quantitative estimate of drug-likeness (QED) is 0.263. The normalized spacial score (nSPS) is 10.4. The van der Waals surface area contributed by atoms with Crippen molar-refractivity contribution in [1.82, 2.24) is 9.78 Å². The first-order chi connectivity index (χ1) is 16.6. The van der Waals surface area contributed by atoms with E-state index in [9.17, 15) is 9.59 Å². The molecular weight excluding hydrogens is 458 g/mol. The van der Waals surface area contributed by atoms with Gasteiger partial charge in [-0.3, -0.25) is 5.32 Å². The van der Waals surface area contributed by atoms with Crippen molar-refractivity contribution in [3.8, 4) is 17.2 Å². The fourth-order valence-corrected chi connectivity index (χ4v) is 3.29. The van der Waals surface area contributed by atoms with Crippen molar-refractivity contribution >= 4 is 29.7 Å². The van der Waals surface area contributed by atoms with E-state index in [0.717, 1.165) is 0 Å². The highest BCUT2D eigenvalue weighted by atomic mass is 35.5. The molecule has 0 atom stereocenters. The highest BCUT2D eigenvalue weighted by Crippen LogP contribution is 2.29. The maximum atomic E-state index is 12.5. The molecule has 0 bridgehead atoms. The summed E-state index contributed by atoms with van der Waals surface area (Å²) in [4.78, 5) is 24.4. The smallest absolute Gasteiger partial charge is 0.434 e. The van der Waals surface area contributed by atoms with Crippen molar-refractivity contribution in [1.29, 1.82) is 0 Å². The molecule has 1 N–H and O–H groups in total. The van der Waals surface area contributed by atoms with Crippen LogP contribution in [0.4, 0.5) is 15.4 Å². The van der Waals surface area contributed by atoms with Crippen LogP contribution in [0.1, 0.15) is 5.69 Å². The molecule has 9 heteroatoms. The molecule has 34 heavy (non-hydrogen) atoms. The highest BCUT2D eigenvalue weighted by Gasteiger charge is 2.21. The van der Waals surface area contributed by atoms with E-state index in [0.29, 0.717) is 22.9 Å². The lowest BCUT2D eigenvalue weighted by molar-refractivity contribution is 0.0999. The number of carbonyl (C=O) groups excluding carboxylic acids is 2. The van der Waals surface area contributed by atoms with Gasteiger partial charge in [-0.2, -0.15) is 5.10 Å². The molecule has 1 amide bonds. The van der Waals surface area contributed by atoms with Gasteiger partial charge in [-0.05, 0) is 36.4 Å². The van der Waals surface area contributed by atoms with Crippen LogP contribution in [0.2, 0.25) is 5.02 Å². The molecule has 8 nitrogen and oxygen atoms in total. The number of hydrogen-bond donors (Lipinski definition) is 1. The Morgan fingerprint density at radius 2 is 1.38 bits per heavy atom. The standard InChI is InChI=1S/C25H20ClN3O5/c26-22-21(16-17-32-25(31)34-20-14-8-3-9-15-20)28-29(18-10-4-1-5-11-18)23(22)27-24(30)33-19-12-6-2-7-13-19/h1-15H,16-17H2,(H,27,30). The molecule has 3 aromatic carbocycles. The van der Waals surface area contributed by atoms with E-state index in [-0.39, 0.29) is 23.9 Å². The number of ether oxygens (including phenoxy) is 3. The van der Waals surface area contributed by atoms with Gasteiger partial charge in [-0.1, -0.05) is 66.2 Å². The first-order valence-electron chi connectivity index (χ1n) is 10.4. The van der Waals surface area contributed by atoms with Crippen molar-refractivity contribution in [2.45, 2.75) is 6.42 Å². The first kappa shape index (κ1) is 22.9. The summed E-state index contributed by atoms with van der Waals surface area (Å²) < 4.78 is 17.0. The number of nitrogens with zero attached hydrogens (tertiary/aromatic N) is 2. The summed E-state index contributed by atoms with van der Waals surface area (Å²) in [5.41, 5.74) is 1.10. The number of para-hydroxylation sites is 3. The second-order valence-electron chi connectivity index (χ2n) is 6.95. The molecule has 0 aliphatic heterocycles. The number of halogens is 1. The third-order valence-corrected chi connectivity index (χ3v) is 4.97. The monoisotopic (exact) mass is 477 g/mol. The Bertz CT molecular complexity index is 1250. The predicted molar refractivity (Wildman–Crippen MR) is 127 cm³/mol. The summed E-state index contributed by atoms with van der Waals surface area (Å²) in [5, 5.41) is 7.36. The first-order valence-corrected chi connectivity index (χ1v) is 10.7. The van der Waals surface area contributed by atoms with Crippen molar-refractivity contribution in [3.05, 3.63) is 102 Å². The van der Waals surface area contributed by atoms with Gasteiger partial charge in [0, 0.05) is 6.42 Å². The highest BCUT2D eigenvalue weighted by molar-refractivity contribution is 6.34. The molecular formula is C25H20ClN3O5. The molecule has 0 unspecified atom stereocenters. The summed E-state index contributed by atoms with van der Waals surface area (Å²) in [7, 11) is 0. The second-order valence-corrected chi connectivity index (χ2v) is 7.33. The molecule has 0 saturated heterocycles. The van der Waals surface area contributed by atoms with Gasteiger partial charge in [0.05, 0.1) is 11.4 Å². The number of benzene rings is 3. The van der Waals surface area contributed by atoms with Gasteiger partial charge in [0.2, 0.25) is 0 Å². The van der Waals surface area contributed by atoms with Gasteiger partial charge in [-0.15, -0.1) is 0 Å². The fraction of sp³-hybridized carbons (Fsp3) is 0.0800.